The predicted octanol–water partition coefficient (Wildman–Crippen LogP) is 8.11. The molecule has 0 atom stereocenters. The molecule has 170 valence electrons. The van der Waals surface area contributed by atoms with Crippen LogP contribution in [0, 0.1) is 6.92 Å². The van der Waals surface area contributed by atoms with Crippen molar-refractivity contribution in [3.05, 3.63) is 62.1 Å². The number of rotatable bonds is 0. The summed E-state index contributed by atoms with van der Waals surface area (Å²) in [4.78, 5) is 0. The van der Waals surface area contributed by atoms with Crippen LogP contribution in [0.15, 0.2) is 34.8 Å². The fourth-order valence-corrected chi connectivity index (χ4v) is 1.84. The van der Waals surface area contributed by atoms with Crippen LogP contribution in [0.3, 0.4) is 0 Å². The smallest absolute Gasteiger partial charge is 0.0307 e. The van der Waals surface area contributed by atoms with Crippen LogP contribution >= 0.6 is 15.9 Å². The standard InChI is InChI=1S/C10H8Br.C4H10N.3C2H6N.C2H6Si.Zr/c1-7-5-8-3-2-4-10(11)9(8)6-7;1-4(2,3)5;4*1-3-2;/h2-6H,1H3;5H,1-3H3;4*1-2H3;/q5*-1;;. The first-order chi connectivity index (χ1) is 12.9. The maximum Gasteiger partial charge on any atom is 0.0307 e. The topological polar surface area (TPSA) is 66.1 Å². The predicted molar refractivity (Wildman–Crippen MR) is 139 cm³/mol. The van der Waals surface area contributed by atoms with Crippen molar-refractivity contribution in [3.8, 4) is 0 Å². The van der Waals surface area contributed by atoms with Gasteiger partial charge in [0.05, 0.1) is 0 Å². The van der Waals surface area contributed by atoms with Crippen LogP contribution in [-0.4, -0.2) is 57.3 Å². The Hall–Kier alpha value is 0.250. The van der Waals surface area contributed by atoms with Gasteiger partial charge in [0, 0.05) is 35.7 Å². The van der Waals surface area contributed by atoms with Crippen molar-refractivity contribution in [2.24, 2.45) is 0 Å². The Morgan fingerprint density at radius 1 is 0.931 bits per heavy atom. The molecule has 0 aliphatic heterocycles. The second-order valence-corrected chi connectivity index (χ2v) is 8.72. The third kappa shape index (κ3) is 39.3. The summed E-state index contributed by atoms with van der Waals surface area (Å²) >= 11 is 3.51. The molecule has 29 heavy (non-hydrogen) atoms. The van der Waals surface area contributed by atoms with Gasteiger partial charge < -0.3 is 21.7 Å². The molecule has 2 radical (unpaired) electrons. The van der Waals surface area contributed by atoms with Crippen molar-refractivity contribution >= 4 is 36.2 Å². The summed E-state index contributed by atoms with van der Waals surface area (Å²) in [5, 5.41) is 13.1. The van der Waals surface area contributed by atoms with Crippen molar-refractivity contribution in [1.29, 1.82) is 0 Å². The third-order valence-electron chi connectivity index (χ3n) is 1.84. The van der Waals surface area contributed by atoms with Gasteiger partial charge in [-0.05, 0) is 4.47 Å². The Balaban J connectivity index is -0.0000000913. The van der Waals surface area contributed by atoms with Crippen molar-refractivity contribution in [2.75, 3.05) is 42.3 Å². The van der Waals surface area contributed by atoms with E-state index in [1.807, 2.05) is 20.8 Å². The van der Waals surface area contributed by atoms with E-state index >= 15 is 0 Å². The number of aryl methyl sites for hydroxylation is 1. The number of nitrogens with zero attached hydrogens (tertiary/aromatic N) is 3. The first-order valence-corrected chi connectivity index (χ1v) is 11.8. The van der Waals surface area contributed by atoms with E-state index < -0.39 is 0 Å². The molecule has 0 unspecified atom stereocenters. The van der Waals surface area contributed by atoms with Crippen molar-refractivity contribution < 1.29 is 26.2 Å². The van der Waals surface area contributed by atoms with E-state index in [9.17, 15) is 0 Å². The van der Waals surface area contributed by atoms with Crippen molar-refractivity contribution in [2.45, 2.75) is 46.3 Å². The maximum absolute atomic E-state index is 6.94. The second-order valence-electron chi connectivity index (χ2n) is 6.87. The fraction of sp³-hybridized carbons (Fsp3) is 0.591. The minimum atomic E-state index is -0.250. The molecule has 0 saturated heterocycles. The van der Waals surface area contributed by atoms with Gasteiger partial charge in [0.15, 0.2) is 0 Å². The Morgan fingerprint density at radius 3 is 1.52 bits per heavy atom. The molecule has 0 bridgehead atoms. The number of nitrogens with one attached hydrogen (secondary N) is 1. The van der Waals surface area contributed by atoms with Crippen molar-refractivity contribution in [1.82, 2.24) is 0 Å². The summed E-state index contributed by atoms with van der Waals surface area (Å²) in [5.74, 6) is 0. The van der Waals surface area contributed by atoms with E-state index in [1.165, 1.54) is 20.8 Å². The summed E-state index contributed by atoms with van der Waals surface area (Å²) in [5.41, 5.74) is 8.01. The molecule has 0 aliphatic carbocycles. The molecule has 2 aromatic rings. The van der Waals surface area contributed by atoms with Gasteiger partial charge in [-0.1, -0.05) is 62.8 Å². The summed E-state index contributed by atoms with van der Waals surface area (Å²) in [6.07, 6.45) is 0. The quantitative estimate of drug-likeness (QED) is 0.230. The monoisotopic (exact) mass is 559 g/mol. The van der Waals surface area contributed by atoms with Crippen LogP contribution in [-0.2, 0) is 26.2 Å². The SMILES string of the molecule is CC(C)(C)[NH-].C[N-]C.C[N-]C.C[N-]C.C[Si]C.Cc1cc2c(Br)cccc2[cH-]1.[Zr]. The van der Waals surface area contributed by atoms with Gasteiger partial charge in [-0.2, -0.15) is 48.4 Å². The minimum Gasteiger partial charge on any atom is -0.673 e. The van der Waals surface area contributed by atoms with Crippen LogP contribution < -0.4 is 0 Å². The molecule has 2 rings (SSSR count). The van der Waals surface area contributed by atoms with Crippen LogP contribution in [0.2, 0.25) is 13.1 Å². The van der Waals surface area contributed by atoms with Gasteiger partial charge >= 0.3 is 0 Å². The molecule has 1 N–H and O–H groups in total. The van der Waals surface area contributed by atoms with Gasteiger partial charge in [-0.15, -0.1) is 40.1 Å². The molecule has 0 heterocycles. The molecule has 0 fully saturated rings. The number of halogens is 1. The largest absolute Gasteiger partial charge is 0.673 e. The Labute approximate surface area is 212 Å². The number of hydrogen-bond acceptors (Lipinski definition) is 0. The first-order valence-electron chi connectivity index (χ1n) is 9.02. The molecule has 0 aliphatic rings. The zero-order chi connectivity index (χ0) is 23.2. The van der Waals surface area contributed by atoms with Gasteiger partial charge in [-0.3, -0.25) is 0 Å². The normalized spacial score (nSPS) is 8.62. The molecule has 0 spiro atoms. The molecule has 0 amide bonds. The van der Waals surface area contributed by atoms with Crippen LogP contribution in [0.4, 0.5) is 0 Å². The van der Waals surface area contributed by atoms with E-state index in [0.717, 1.165) is 9.52 Å². The second kappa shape index (κ2) is 28.2. The van der Waals surface area contributed by atoms with E-state index in [4.69, 9.17) is 5.73 Å². The van der Waals surface area contributed by atoms with Gasteiger partial charge in [0.25, 0.3) is 0 Å². The molecule has 7 heteroatoms. The number of fused-ring (bicyclic) bond motifs is 1. The van der Waals surface area contributed by atoms with E-state index in [2.05, 4.69) is 82.2 Å². The van der Waals surface area contributed by atoms with Gasteiger partial charge in [0.2, 0.25) is 0 Å². The van der Waals surface area contributed by atoms with Gasteiger partial charge in [0.1, 0.15) is 0 Å². The van der Waals surface area contributed by atoms with E-state index in [1.54, 1.807) is 42.3 Å². The van der Waals surface area contributed by atoms with E-state index in [0.29, 0.717) is 0 Å². The van der Waals surface area contributed by atoms with E-state index in [-0.39, 0.29) is 31.7 Å². The molecular weight excluding hydrogens is 519 g/mol. The average molecular weight is 562 g/mol. The maximum atomic E-state index is 6.94. The average Bonchev–Trinajstić information content (AvgIpc) is 2.91. The molecule has 0 saturated carbocycles. The zero-order valence-electron chi connectivity index (χ0n) is 20.6. The van der Waals surface area contributed by atoms with Crippen LogP contribution in [0.25, 0.3) is 32.5 Å². The van der Waals surface area contributed by atoms with Crippen LogP contribution in [0.5, 0.6) is 0 Å². The summed E-state index contributed by atoms with van der Waals surface area (Å²) in [7, 11) is 11.6. The third-order valence-corrected chi connectivity index (χ3v) is 2.53. The fourth-order valence-electron chi connectivity index (χ4n) is 1.35. The summed E-state index contributed by atoms with van der Waals surface area (Å²) in [6, 6.07) is 10.7. The molecule has 0 aromatic heterocycles. The first kappa shape index (κ1) is 39.7. The Kier molecular flexibility index (Phi) is 38.7. The summed E-state index contributed by atoms with van der Waals surface area (Å²) in [6.45, 7) is 12.0. The number of benzene rings is 1. The minimum absolute atomic E-state index is 0. The van der Waals surface area contributed by atoms with Crippen molar-refractivity contribution in [3.63, 3.8) is 0 Å². The van der Waals surface area contributed by atoms with Gasteiger partial charge in [-0.25, -0.2) is 0 Å². The number of hydrogen-bond donors (Lipinski definition) is 0. The molecule has 2 aromatic carbocycles. The van der Waals surface area contributed by atoms with Crippen LogP contribution in [0.1, 0.15) is 26.3 Å². The molecule has 4 nitrogen and oxygen atoms in total. The Bertz CT molecular complexity index is 529. The Morgan fingerprint density at radius 2 is 1.24 bits per heavy atom. The summed E-state index contributed by atoms with van der Waals surface area (Å²) < 4.78 is 1.18. The molecular formula is C22H42BrN4SiZr-5. The zero-order valence-corrected chi connectivity index (χ0v) is 25.7.